The van der Waals surface area contributed by atoms with Gasteiger partial charge in [-0.25, -0.2) is 4.79 Å². The number of amides is 2. The number of nitrogens with zero attached hydrogens (tertiary/aromatic N) is 2. The largest absolute Gasteiger partial charge is 0.481 e. The standard InChI is InChI=1S/C15H26N2O3/c1-11-3-4-12(2)17(10-11)15(20)16-7-5-13(6-8-16)9-14(18)19/h11-13H,3-10H2,1-2H3,(H,18,19). The van der Waals surface area contributed by atoms with Crippen LogP contribution in [-0.2, 0) is 4.79 Å². The Balaban J connectivity index is 1.86. The molecular formula is C15H26N2O3. The van der Waals surface area contributed by atoms with E-state index in [-0.39, 0.29) is 18.4 Å². The van der Waals surface area contributed by atoms with Crippen molar-refractivity contribution in [3.8, 4) is 0 Å². The second-order valence-electron chi connectivity index (χ2n) is 6.49. The second kappa shape index (κ2) is 6.46. The molecule has 2 atom stereocenters. The third-order valence-corrected chi connectivity index (χ3v) is 4.71. The van der Waals surface area contributed by atoms with Crippen LogP contribution in [0.15, 0.2) is 0 Å². The molecule has 0 aromatic heterocycles. The van der Waals surface area contributed by atoms with Crippen molar-refractivity contribution in [1.29, 1.82) is 0 Å². The smallest absolute Gasteiger partial charge is 0.320 e. The molecule has 0 aromatic carbocycles. The third-order valence-electron chi connectivity index (χ3n) is 4.71. The molecule has 114 valence electrons. The van der Waals surface area contributed by atoms with Crippen LogP contribution in [0.5, 0.6) is 0 Å². The summed E-state index contributed by atoms with van der Waals surface area (Å²) < 4.78 is 0. The van der Waals surface area contributed by atoms with Crippen LogP contribution in [0.3, 0.4) is 0 Å². The average Bonchev–Trinajstić information content (AvgIpc) is 2.41. The van der Waals surface area contributed by atoms with Crippen molar-refractivity contribution in [2.75, 3.05) is 19.6 Å². The number of hydrogen-bond acceptors (Lipinski definition) is 2. The Bertz CT molecular complexity index is 364. The van der Waals surface area contributed by atoms with Crippen LogP contribution >= 0.6 is 0 Å². The summed E-state index contributed by atoms with van der Waals surface area (Å²) in [5.74, 6) is 0.0854. The zero-order valence-corrected chi connectivity index (χ0v) is 12.5. The Labute approximate surface area is 120 Å². The topological polar surface area (TPSA) is 60.9 Å². The average molecular weight is 282 g/mol. The van der Waals surface area contributed by atoms with E-state index in [0.717, 1.165) is 25.8 Å². The molecule has 0 aliphatic carbocycles. The lowest BCUT2D eigenvalue weighted by Crippen LogP contribution is -2.52. The minimum absolute atomic E-state index is 0.151. The highest BCUT2D eigenvalue weighted by Gasteiger charge is 2.32. The maximum absolute atomic E-state index is 12.6. The molecule has 2 fully saturated rings. The first kappa shape index (κ1) is 15.1. The van der Waals surface area contributed by atoms with Crippen molar-refractivity contribution in [3.63, 3.8) is 0 Å². The van der Waals surface area contributed by atoms with Crippen LogP contribution in [0, 0.1) is 11.8 Å². The lowest BCUT2D eigenvalue weighted by molar-refractivity contribution is -0.138. The van der Waals surface area contributed by atoms with Crippen LogP contribution in [0.25, 0.3) is 0 Å². The number of rotatable bonds is 2. The number of aliphatic carboxylic acids is 1. The first-order valence-electron chi connectivity index (χ1n) is 7.74. The molecule has 2 aliphatic heterocycles. The van der Waals surface area contributed by atoms with Gasteiger partial charge in [-0.1, -0.05) is 6.92 Å². The van der Waals surface area contributed by atoms with Crippen molar-refractivity contribution in [2.24, 2.45) is 11.8 Å². The molecule has 2 rings (SSSR count). The Morgan fingerprint density at radius 3 is 2.35 bits per heavy atom. The Kier molecular flexibility index (Phi) is 4.89. The molecule has 20 heavy (non-hydrogen) atoms. The van der Waals surface area contributed by atoms with Gasteiger partial charge in [0.1, 0.15) is 0 Å². The summed E-state index contributed by atoms with van der Waals surface area (Å²) in [5.41, 5.74) is 0. The van der Waals surface area contributed by atoms with Gasteiger partial charge in [-0.2, -0.15) is 0 Å². The molecule has 1 N–H and O–H groups in total. The molecule has 0 bridgehead atoms. The minimum Gasteiger partial charge on any atom is -0.481 e. The Morgan fingerprint density at radius 1 is 1.10 bits per heavy atom. The fraction of sp³-hybridized carbons (Fsp3) is 0.867. The van der Waals surface area contributed by atoms with Crippen molar-refractivity contribution < 1.29 is 14.7 Å². The van der Waals surface area contributed by atoms with Gasteiger partial charge in [0.15, 0.2) is 0 Å². The highest BCUT2D eigenvalue weighted by molar-refractivity contribution is 5.75. The molecule has 2 heterocycles. The first-order chi connectivity index (χ1) is 9.47. The quantitative estimate of drug-likeness (QED) is 0.846. The van der Waals surface area contributed by atoms with Gasteiger partial charge in [-0.05, 0) is 44.4 Å². The van der Waals surface area contributed by atoms with Gasteiger partial charge in [0, 0.05) is 32.1 Å². The van der Waals surface area contributed by atoms with Gasteiger partial charge in [-0.15, -0.1) is 0 Å². The highest BCUT2D eigenvalue weighted by Crippen LogP contribution is 2.25. The highest BCUT2D eigenvalue weighted by atomic mass is 16.4. The van der Waals surface area contributed by atoms with Crippen molar-refractivity contribution in [2.45, 2.75) is 52.0 Å². The zero-order chi connectivity index (χ0) is 14.7. The number of carbonyl (C=O) groups excluding carboxylic acids is 1. The fourth-order valence-corrected chi connectivity index (χ4v) is 3.31. The van der Waals surface area contributed by atoms with Crippen LogP contribution < -0.4 is 0 Å². The van der Waals surface area contributed by atoms with Gasteiger partial charge < -0.3 is 14.9 Å². The van der Waals surface area contributed by atoms with E-state index in [4.69, 9.17) is 5.11 Å². The van der Waals surface area contributed by atoms with E-state index in [1.807, 2.05) is 9.80 Å². The van der Waals surface area contributed by atoms with Gasteiger partial charge in [-0.3, -0.25) is 4.79 Å². The minimum atomic E-state index is -0.728. The van der Waals surface area contributed by atoms with E-state index in [0.29, 0.717) is 25.0 Å². The lowest BCUT2D eigenvalue weighted by atomic mass is 9.93. The summed E-state index contributed by atoms with van der Waals surface area (Å²) in [7, 11) is 0. The Hall–Kier alpha value is -1.26. The number of carbonyl (C=O) groups is 2. The van der Waals surface area contributed by atoms with Gasteiger partial charge >= 0.3 is 12.0 Å². The fourth-order valence-electron chi connectivity index (χ4n) is 3.31. The zero-order valence-electron chi connectivity index (χ0n) is 12.5. The van der Waals surface area contributed by atoms with Crippen LogP contribution in [-0.4, -0.2) is 52.6 Å². The van der Waals surface area contributed by atoms with Crippen molar-refractivity contribution >= 4 is 12.0 Å². The molecule has 5 nitrogen and oxygen atoms in total. The molecule has 2 unspecified atom stereocenters. The van der Waals surface area contributed by atoms with Crippen LogP contribution in [0.2, 0.25) is 0 Å². The molecule has 2 amide bonds. The van der Waals surface area contributed by atoms with Gasteiger partial charge in [0.05, 0.1) is 0 Å². The summed E-state index contributed by atoms with van der Waals surface area (Å²) in [5, 5.41) is 8.82. The summed E-state index contributed by atoms with van der Waals surface area (Å²) >= 11 is 0. The SMILES string of the molecule is CC1CCC(C)N(C(=O)N2CCC(CC(=O)O)CC2)C1. The molecule has 0 saturated carbocycles. The van der Waals surface area contributed by atoms with Crippen LogP contribution in [0.1, 0.15) is 46.0 Å². The molecular weight excluding hydrogens is 256 g/mol. The molecule has 0 spiro atoms. The van der Waals surface area contributed by atoms with E-state index >= 15 is 0 Å². The van der Waals surface area contributed by atoms with E-state index in [1.54, 1.807) is 0 Å². The summed E-state index contributed by atoms with van der Waals surface area (Å²) in [6.07, 6.45) is 4.15. The van der Waals surface area contributed by atoms with E-state index in [9.17, 15) is 9.59 Å². The number of piperidine rings is 2. The lowest BCUT2D eigenvalue weighted by Gasteiger charge is -2.41. The predicted molar refractivity (Wildman–Crippen MR) is 76.5 cm³/mol. The summed E-state index contributed by atoms with van der Waals surface area (Å²) in [4.78, 5) is 27.2. The van der Waals surface area contributed by atoms with Crippen molar-refractivity contribution in [3.05, 3.63) is 0 Å². The van der Waals surface area contributed by atoms with Crippen LogP contribution in [0.4, 0.5) is 4.79 Å². The summed E-state index contributed by atoms with van der Waals surface area (Å²) in [6.45, 7) is 6.59. The molecule has 0 aromatic rings. The normalized spacial score (nSPS) is 28.5. The number of carboxylic acid groups (broad SMARTS) is 1. The predicted octanol–water partition coefficient (Wildman–Crippen LogP) is 2.41. The molecule has 2 aliphatic rings. The summed E-state index contributed by atoms with van der Waals surface area (Å²) in [6, 6.07) is 0.480. The maximum Gasteiger partial charge on any atom is 0.320 e. The first-order valence-corrected chi connectivity index (χ1v) is 7.74. The second-order valence-corrected chi connectivity index (χ2v) is 6.49. The number of hydrogen-bond donors (Lipinski definition) is 1. The third kappa shape index (κ3) is 3.64. The maximum atomic E-state index is 12.6. The van der Waals surface area contributed by atoms with Crippen molar-refractivity contribution in [1.82, 2.24) is 9.80 Å². The van der Waals surface area contributed by atoms with E-state index < -0.39 is 5.97 Å². The van der Waals surface area contributed by atoms with E-state index in [1.165, 1.54) is 6.42 Å². The van der Waals surface area contributed by atoms with E-state index in [2.05, 4.69) is 13.8 Å². The molecule has 5 heteroatoms. The van der Waals surface area contributed by atoms with Gasteiger partial charge in [0.25, 0.3) is 0 Å². The number of urea groups is 1. The monoisotopic (exact) mass is 282 g/mol. The number of likely N-dealkylation sites (tertiary alicyclic amines) is 2. The molecule has 0 radical (unpaired) electrons. The molecule has 2 saturated heterocycles. The van der Waals surface area contributed by atoms with Gasteiger partial charge in [0.2, 0.25) is 0 Å². The number of carboxylic acids is 1. The Morgan fingerprint density at radius 2 is 1.75 bits per heavy atom.